The van der Waals surface area contributed by atoms with Gasteiger partial charge in [0.25, 0.3) is 0 Å². The predicted octanol–water partition coefficient (Wildman–Crippen LogP) is 4.90. The Hall–Kier alpha value is -0.910. The van der Waals surface area contributed by atoms with Crippen LogP contribution >= 0.6 is 23.5 Å². The molecule has 0 aromatic heterocycles. The second-order valence-corrected chi connectivity index (χ2v) is 9.17. The third kappa shape index (κ3) is 4.32. The fourth-order valence-electron chi connectivity index (χ4n) is 4.00. The summed E-state index contributed by atoms with van der Waals surface area (Å²) >= 11 is 8.08. The van der Waals surface area contributed by atoms with Gasteiger partial charge in [0.05, 0.1) is 5.25 Å². The first-order valence-electron chi connectivity index (χ1n) is 9.37. The number of piperazine rings is 1. The van der Waals surface area contributed by atoms with Crippen LogP contribution in [0.4, 0.5) is 4.39 Å². The highest BCUT2D eigenvalue weighted by atomic mass is 35.5. The van der Waals surface area contributed by atoms with Gasteiger partial charge in [0, 0.05) is 62.6 Å². The van der Waals surface area contributed by atoms with Crippen LogP contribution in [0.15, 0.2) is 47.1 Å². The highest BCUT2D eigenvalue weighted by molar-refractivity contribution is 7.98. The molecule has 2 saturated heterocycles. The maximum absolute atomic E-state index is 13.7. The average Bonchev–Trinajstić information content (AvgIpc) is 2.83. The molecule has 0 radical (unpaired) electrons. The van der Waals surface area contributed by atoms with Crippen molar-refractivity contribution in [3.05, 3.63) is 47.1 Å². The molecule has 2 bridgehead atoms. The van der Waals surface area contributed by atoms with E-state index in [1.165, 1.54) is 24.5 Å². The minimum Gasteiger partial charge on any atom is -0.383 e. The van der Waals surface area contributed by atoms with Gasteiger partial charge in [0.2, 0.25) is 0 Å². The van der Waals surface area contributed by atoms with Crippen LogP contribution in [0, 0.1) is 0 Å². The molecule has 0 spiro atoms. The summed E-state index contributed by atoms with van der Waals surface area (Å²) in [5, 5.41) is 0.768. The fourth-order valence-corrected chi connectivity index (χ4v) is 5.65. The SMILES string of the molecule is C=C(/C(=C/N(C)C)CC)N1CC2CCC(C1)N2SC1CC(F)=CC=C1Cl. The molecule has 0 saturated carbocycles. The van der Waals surface area contributed by atoms with Gasteiger partial charge < -0.3 is 9.80 Å². The molecule has 0 aromatic rings. The number of hydrogen-bond donors (Lipinski definition) is 0. The Kier molecular flexibility index (Phi) is 6.41. The maximum atomic E-state index is 13.7. The van der Waals surface area contributed by atoms with E-state index in [-0.39, 0.29) is 11.1 Å². The number of rotatable bonds is 6. The van der Waals surface area contributed by atoms with E-state index in [1.807, 2.05) is 0 Å². The Morgan fingerprint density at radius 2 is 2.00 bits per heavy atom. The van der Waals surface area contributed by atoms with E-state index in [4.69, 9.17) is 11.6 Å². The van der Waals surface area contributed by atoms with Gasteiger partial charge in [-0.2, -0.15) is 0 Å². The first kappa shape index (κ1) is 19.8. The molecule has 3 nitrogen and oxygen atoms in total. The van der Waals surface area contributed by atoms with Crippen LogP contribution in [0.1, 0.15) is 32.6 Å². The predicted molar refractivity (Wildman–Crippen MR) is 111 cm³/mol. The third-order valence-corrected chi connectivity index (χ3v) is 7.36. The summed E-state index contributed by atoms with van der Waals surface area (Å²) in [6, 6.07) is 0.956. The Bertz CT molecular complexity index is 629. The van der Waals surface area contributed by atoms with Crippen molar-refractivity contribution in [3.63, 3.8) is 0 Å². The number of fused-ring (bicyclic) bond motifs is 2. The minimum atomic E-state index is -0.0762. The molecule has 3 rings (SSSR count). The fraction of sp³-hybridized carbons (Fsp3) is 0.600. The quantitative estimate of drug-likeness (QED) is 0.465. The maximum Gasteiger partial charge on any atom is 0.101 e. The average molecular weight is 398 g/mol. The van der Waals surface area contributed by atoms with Crippen LogP contribution in [0.25, 0.3) is 0 Å². The lowest BCUT2D eigenvalue weighted by Gasteiger charge is -2.43. The molecule has 0 amide bonds. The Morgan fingerprint density at radius 1 is 1.35 bits per heavy atom. The zero-order chi connectivity index (χ0) is 18.8. The van der Waals surface area contributed by atoms with Crippen LogP contribution in [0.5, 0.6) is 0 Å². The van der Waals surface area contributed by atoms with Crippen LogP contribution < -0.4 is 0 Å². The summed E-state index contributed by atoms with van der Waals surface area (Å²) in [4.78, 5) is 4.53. The molecule has 26 heavy (non-hydrogen) atoms. The van der Waals surface area contributed by atoms with Gasteiger partial charge in [0.15, 0.2) is 0 Å². The molecule has 0 aromatic carbocycles. The summed E-state index contributed by atoms with van der Waals surface area (Å²) in [6.45, 7) is 8.53. The molecule has 1 aliphatic carbocycles. The number of allylic oxidation sites excluding steroid dienone is 4. The van der Waals surface area contributed by atoms with Gasteiger partial charge in [-0.3, -0.25) is 0 Å². The van der Waals surface area contributed by atoms with E-state index in [0.29, 0.717) is 18.5 Å². The van der Waals surface area contributed by atoms with Crippen LogP contribution in [-0.2, 0) is 0 Å². The monoisotopic (exact) mass is 397 g/mol. The van der Waals surface area contributed by atoms with Gasteiger partial charge in [-0.25, -0.2) is 8.70 Å². The first-order chi connectivity index (χ1) is 12.4. The lowest BCUT2D eigenvalue weighted by Crippen LogP contribution is -2.51. The summed E-state index contributed by atoms with van der Waals surface area (Å²) in [5.74, 6) is -0.0762. The molecule has 6 heteroatoms. The second kappa shape index (κ2) is 8.41. The van der Waals surface area contributed by atoms with Gasteiger partial charge in [-0.1, -0.05) is 37.1 Å². The van der Waals surface area contributed by atoms with Gasteiger partial charge in [-0.05, 0) is 37.0 Å². The molecular formula is C20H29ClFN3S. The van der Waals surface area contributed by atoms with Crippen molar-refractivity contribution < 1.29 is 4.39 Å². The highest BCUT2D eigenvalue weighted by Gasteiger charge is 2.42. The van der Waals surface area contributed by atoms with E-state index < -0.39 is 0 Å². The van der Waals surface area contributed by atoms with E-state index in [1.54, 1.807) is 18.0 Å². The number of likely N-dealkylation sites (tertiary alicyclic amines) is 1. The smallest absolute Gasteiger partial charge is 0.101 e. The van der Waals surface area contributed by atoms with Crippen molar-refractivity contribution in [3.8, 4) is 0 Å². The van der Waals surface area contributed by atoms with Crippen molar-refractivity contribution in [2.45, 2.75) is 49.9 Å². The lowest BCUT2D eigenvalue weighted by molar-refractivity contribution is 0.172. The molecule has 3 aliphatic rings. The van der Waals surface area contributed by atoms with Crippen molar-refractivity contribution >= 4 is 23.5 Å². The van der Waals surface area contributed by atoms with Gasteiger partial charge in [-0.15, -0.1) is 0 Å². The van der Waals surface area contributed by atoms with Crippen molar-refractivity contribution in [2.75, 3.05) is 27.2 Å². The molecule has 3 atom stereocenters. The lowest BCUT2D eigenvalue weighted by atomic mass is 10.1. The highest BCUT2D eigenvalue weighted by Crippen LogP contribution is 2.43. The number of hydrogen-bond acceptors (Lipinski definition) is 4. The largest absolute Gasteiger partial charge is 0.383 e. The first-order valence-corrected chi connectivity index (χ1v) is 10.6. The molecule has 2 aliphatic heterocycles. The zero-order valence-electron chi connectivity index (χ0n) is 15.9. The summed E-state index contributed by atoms with van der Waals surface area (Å²) in [6.07, 6.45) is 9.12. The van der Waals surface area contributed by atoms with Crippen molar-refractivity contribution in [2.24, 2.45) is 0 Å². The summed E-state index contributed by atoms with van der Waals surface area (Å²) < 4.78 is 16.2. The summed E-state index contributed by atoms with van der Waals surface area (Å²) in [7, 11) is 4.10. The molecule has 3 unspecified atom stereocenters. The molecule has 144 valence electrons. The van der Waals surface area contributed by atoms with Crippen LogP contribution in [0.2, 0.25) is 0 Å². The molecular weight excluding hydrogens is 369 g/mol. The zero-order valence-corrected chi connectivity index (χ0v) is 17.5. The Labute approximate surface area is 166 Å². The molecule has 2 heterocycles. The Balaban J connectivity index is 1.65. The Morgan fingerprint density at radius 3 is 2.58 bits per heavy atom. The summed E-state index contributed by atoms with van der Waals surface area (Å²) in [5.41, 5.74) is 2.44. The normalized spacial score (nSPS) is 29.5. The number of nitrogens with zero attached hydrogens (tertiary/aromatic N) is 3. The van der Waals surface area contributed by atoms with E-state index in [0.717, 1.165) is 30.2 Å². The topological polar surface area (TPSA) is 9.72 Å². The molecule has 2 fully saturated rings. The third-order valence-electron chi connectivity index (χ3n) is 5.32. The second-order valence-electron chi connectivity index (χ2n) is 7.53. The van der Waals surface area contributed by atoms with Gasteiger partial charge in [0.1, 0.15) is 5.83 Å². The number of halogens is 2. The molecule has 0 N–H and O–H groups in total. The van der Waals surface area contributed by atoms with Gasteiger partial charge >= 0.3 is 0 Å². The minimum absolute atomic E-state index is 0.0133. The van der Waals surface area contributed by atoms with E-state index in [2.05, 4.69) is 47.9 Å². The van der Waals surface area contributed by atoms with E-state index >= 15 is 0 Å². The standard InChI is InChI=1S/C20H29ClFN3S/c1-5-15(11-23(3)4)14(2)24-12-17-7-8-18(13-24)25(17)26-20-10-16(22)6-9-19(20)21/h6,9,11,17-18,20H,2,5,7-8,10,12-13H2,1,3-4H3/b15-11+. The van der Waals surface area contributed by atoms with Crippen LogP contribution in [-0.4, -0.2) is 58.6 Å². The van der Waals surface area contributed by atoms with Crippen molar-refractivity contribution in [1.29, 1.82) is 0 Å². The van der Waals surface area contributed by atoms with Crippen LogP contribution in [0.3, 0.4) is 0 Å². The van der Waals surface area contributed by atoms with E-state index in [9.17, 15) is 4.39 Å². The van der Waals surface area contributed by atoms with Crippen molar-refractivity contribution in [1.82, 2.24) is 14.1 Å².